The SMILES string of the molecule is Cc1ccccc1CNc1nccc(C(=O)NC(C)(C)C)n1. The Bertz CT molecular complexity index is 662. The number of aromatic nitrogens is 2. The molecule has 1 amide bonds. The minimum Gasteiger partial charge on any atom is -0.350 e. The van der Waals surface area contributed by atoms with Crippen molar-refractivity contribution in [1.29, 1.82) is 0 Å². The maximum atomic E-state index is 12.1. The molecule has 0 fully saturated rings. The minimum absolute atomic E-state index is 0.200. The van der Waals surface area contributed by atoms with Crippen molar-refractivity contribution in [3.63, 3.8) is 0 Å². The molecule has 0 spiro atoms. The van der Waals surface area contributed by atoms with Gasteiger partial charge in [0.1, 0.15) is 5.69 Å². The van der Waals surface area contributed by atoms with Crippen molar-refractivity contribution in [2.75, 3.05) is 5.32 Å². The third-order valence-electron chi connectivity index (χ3n) is 3.07. The molecular formula is C17H22N4O. The van der Waals surface area contributed by atoms with Gasteiger partial charge in [-0.25, -0.2) is 9.97 Å². The van der Waals surface area contributed by atoms with E-state index in [2.05, 4.69) is 39.7 Å². The monoisotopic (exact) mass is 298 g/mol. The lowest BCUT2D eigenvalue weighted by atomic mass is 10.1. The van der Waals surface area contributed by atoms with E-state index in [-0.39, 0.29) is 11.4 Å². The maximum Gasteiger partial charge on any atom is 0.270 e. The van der Waals surface area contributed by atoms with Crippen molar-refractivity contribution >= 4 is 11.9 Å². The van der Waals surface area contributed by atoms with Crippen LogP contribution in [-0.2, 0) is 6.54 Å². The van der Waals surface area contributed by atoms with Gasteiger partial charge in [0.05, 0.1) is 0 Å². The number of benzene rings is 1. The highest BCUT2D eigenvalue weighted by atomic mass is 16.2. The third kappa shape index (κ3) is 4.55. The van der Waals surface area contributed by atoms with Crippen LogP contribution in [0.1, 0.15) is 42.4 Å². The van der Waals surface area contributed by atoms with E-state index in [9.17, 15) is 4.79 Å². The summed E-state index contributed by atoms with van der Waals surface area (Å²) in [5.74, 6) is 0.249. The first-order valence-corrected chi connectivity index (χ1v) is 7.29. The number of amides is 1. The van der Waals surface area contributed by atoms with Crippen LogP contribution in [0.4, 0.5) is 5.95 Å². The fourth-order valence-electron chi connectivity index (χ4n) is 1.96. The van der Waals surface area contributed by atoms with Crippen molar-refractivity contribution in [2.24, 2.45) is 0 Å². The van der Waals surface area contributed by atoms with Gasteiger partial charge in [0.25, 0.3) is 5.91 Å². The second-order valence-corrected chi connectivity index (χ2v) is 6.25. The molecule has 5 nitrogen and oxygen atoms in total. The van der Waals surface area contributed by atoms with Crippen LogP contribution in [0.3, 0.4) is 0 Å². The zero-order chi connectivity index (χ0) is 16.2. The third-order valence-corrected chi connectivity index (χ3v) is 3.07. The molecule has 1 aromatic heterocycles. The summed E-state index contributed by atoms with van der Waals surface area (Å²) < 4.78 is 0. The quantitative estimate of drug-likeness (QED) is 0.910. The molecular weight excluding hydrogens is 276 g/mol. The Labute approximate surface area is 131 Å². The second-order valence-electron chi connectivity index (χ2n) is 6.25. The smallest absolute Gasteiger partial charge is 0.270 e. The molecule has 0 saturated heterocycles. The van der Waals surface area contributed by atoms with Gasteiger partial charge in [0.2, 0.25) is 5.95 Å². The van der Waals surface area contributed by atoms with E-state index in [0.29, 0.717) is 18.2 Å². The van der Waals surface area contributed by atoms with E-state index in [0.717, 1.165) is 0 Å². The number of rotatable bonds is 4. The van der Waals surface area contributed by atoms with Crippen LogP contribution in [-0.4, -0.2) is 21.4 Å². The van der Waals surface area contributed by atoms with Gasteiger partial charge in [0, 0.05) is 18.3 Å². The van der Waals surface area contributed by atoms with Gasteiger partial charge >= 0.3 is 0 Å². The topological polar surface area (TPSA) is 66.9 Å². The molecule has 0 bridgehead atoms. The second kappa shape index (κ2) is 6.56. The van der Waals surface area contributed by atoms with Gasteiger partial charge in [-0.1, -0.05) is 24.3 Å². The van der Waals surface area contributed by atoms with Crippen LogP contribution < -0.4 is 10.6 Å². The molecule has 1 heterocycles. The van der Waals surface area contributed by atoms with Gasteiger partial charge in [-0.3, -0.25) is 4.79 Å². The highest BCUT2D eigenvalue weighted by Crippen LogP contribution is 2.10. The van der Waals surface area contributed by atoms with Crippen LogP contribution in [0.2, 0.25) is 0 Å². The summed E-state index contributed by atoms with van der Waals surface area (Å²) in [7, 11) is 0. The predicted molar refractivity (Wildman–Crippen MR) is 87.8 cm³/mol. The van der Waals surface area contributed by atoms with Crippen molar-refractivity contribution < 1.29 is 4.79 Å². The first-order valence-electron chi connectivity index (χ1n) is 7.29. The lowest BCUT2D eigenvalue weighted by molar-refractivity contribution is 0.0914. The summed E-state index contributed by atoms with van der Waals surface area (Å²) in [5.41, 5.74) is 2.45. The standard InChI is InChI=1S/C17H22N4O/c1-12-7-5-6-8-13(12)11-19-16-18-10-9-14(20-16)15(22)21-17(2,3)4/h5-10H,11H2,1-4H3,(H,21,22)(H,18,19,20). The largest absolute Gasteiger partial charge is 0.350 e. The summed E-state index contributed by atoms with van der Waals surface area (Å²) in [5, 5.41) is 6.05. The van der Waals surface area contributed by atoms with Crippen molar-refractivity contribution in [3.05, 3.63) is 53.3 Å². The zero-order valence-corrected chi connectivity index (χ0v) is 13.5. The maximum absolute atomic E-state index is 12.1. The van der Waals surface area contributed by atoms with Crippen LogP contribution in [0, 0.1) is 6.92 Å². The number of hydrogen-bond donors (Lipinski definition) is 2. The lowest BCUT2D eigenvalue weighted by Gasteiger charge is -2.20. The van der Waals surface area contributed by atoms with E-state index >= 15 is 0 Å². The average molecular weight is 298 g/mol. The summed E-state index contributed by atoms with van der Waals surface area (Å²) >= 11 is 0. The van der Waals surface area contributed by atoms with Gasteiger partial charge < -0.3 is 10.6 Å². The van der Waals surface area contributed by atoms with Crippen molar-refractivity contribution in [1.82, 2.24) is 15.3 Å². The van der Waals surface area contributed by atoms with E-state index in [1.165, 1.54) is 11.1 Å². The first-order chi connectivity index (χ1) is 10.3. The Morgan fingerprint density at radius 3 is 2.59 bits per heavy atom. The Morgan fingerprint density at radius 1 is 1.18 bits per heavy atom. The molecule has 116 valence electrons. The molecule has 0 unspecified atom stereocenters. The number of carbonyl (C=O) groups is 1. The molecule has 0 radical (unpaired) electrons. The minimum atomic E-state index is -0.295. The van der Waals surface area contributed by atoms with Crippen molar-refractivity contribution in [2.45, 2.75) is 39.8 Å². The van der Waals surface area contributed by atoms with E-state index in [4.69, 9.17) is 0 Å². The van der Waals surface area contributed by atoms with Gasteiger partial charge in [0.15, 0.2) is 0 Å². The van der Waals surface area contributed by atoms with Crippen LogP contribution in [0.25, 0.3) is 0 Å². The van der Waals surface area contributed by atoms with Crippen LogP contribution >= 0.6 is 0 Å². The number of nitrogens with one attached hydrogen (secondary N) is 2. The normalized spacial score (nSPS) is 11.1. The molecule has 0 aliphatic heterocycles. The highest BCUT2D eigenvalue weighted by molar-refractivity contribution is 5.92. The average Bonchev–Trinajstić information content (AvgIpc) is 2.45. The Hall–Kier alpha value is -2.43. The van der Waals surface area contributed by atoms with E-state index in [1.54, 1.807) is 12.3 Å². The van der Waals surface area contributed by atoms with E-state index in [1.807, 2.05) is 32.9 Å². The molecule has 0 aliphatic rings. The molecule has 0 atom stereocenters. The molecule has 1 aromatic carbocycles. The Kier molecular flexibility index (Phi) is 4.75. The fourth-order valence-corrected chi connectivity index (χ4v) is 1.96. The summed E-state index contributed by atoms with van der Waals surface area (Å²) in [6, 6.07) is 9.73. The fraction of sp³-hybridized carbons (Fsp3) is 0.353. The molecule has 2 rings (SSSR count). The highest BCUT2D eigenvalue weighted by Gasteiger charge is 2.16. The molecule has 2 aromatic rings. The number of aryl methyl sites for hydroxylation is 1. The van der Waals surface area contributed by atoms with Gasteiger partial charge in [-0.2, -0.15) is 0 Å². The summed E-state index contributed by atoms with van der Waals surface area (Å²) in [4.78, 5) is 20.5. The Balaban J connectivity index is 2.06. The van der Waals surface area contributed by atoms with Crippen LogP contribution in [0.15, 0.2) is 36.5 Å². The van der Waals surface area contributed by atoms with Crippen molar-refractivity contribution in [3.8, 4) is 0 Å². The molecule has 2 N–H and O–H groups in total. The summed E-state index contributed by atoms with van der Waals surface area (Å²) in [6.07, 6.45) is 1.59. The number of nitrogens with zero attached hydrogens (tertiary/aromatic N) is 2. The number of hydrogen-bond acceptors (Lipinski definition) is 4. The van der Waals surface area contributed by atoms with Crippen LogP contribution in [0.5, 0.6) is 0 Å². The zero-order valence-electron chi connectivity index (χ0n) is 13.5. The Morgan fingerprint density at radius 2 is 1.91 bits per heavy atom. The number of carbonyl (C=O) groups excluding carboxylic acids is 1. The molecule has 22 heavy (non-hydrogen) atoms. The van der Waals surface area contributed by atoms with E-state index < -0.39 is 0 Å². The van der Waals surface area contributed by atoms with Gasteiger partial charge in [-0.05, 0) is 44.9 Å². The molecule has 0 saturated carbocycles. The van der Waals surface area contributed by atoms with Gasteiger partial charge in [-0.15, -0.1) is 0 Å². The predicted octanol–water partition coefficient (Wildman–Crippen LogP) is 2.93. The molecule has 5 heteroatoms. The lowest BCUT2D eigenvalue weighted by Crippen LogP contribution is -2.41. The first kappa shape index (κ1) is 15.9. The number of anilines is 1. The molecule has 0 aliphatic carbocycles. The summed E-state index contributed by atoms with van der Waals surface area (Å²) in [6.45, 7) is 8.48.